The Morgan fingerprint density at radius 3 is 2.35 bits per heavy atom. The van der Waals surface area contributed by atoms with Crippen LogP contribution in [0.1, 0.15) is 55.8 Å². The average molecular weight is 432 g/mol. The Balaban J connectivity index is 1.86. The molecule has 2 N–H and O–H groups in total. The summed E-state index contributed by atoms with van der Waals surface area (Å²) in [5.74, 6) is -1.62. The number of aromatic nitrogens is 2. The standard InChI is InChI=1S/C22H23F3N4O2/c1-4-6-19(30)26-15-7-5-8-16(12-15)27-20(31)14-9-10-18-17(11-14)28-21(22(23,24)25)29(18)13(2)3/h5,7-13H,4,6H2,1-3H3,(H,26,30)(H,27,31). The number of hydrogen-bond donors (Lipinski definition) is 2. The molecule has 0 aliphatic rings. The van der Waals surface area contributed by atoms with Crippen LogP contribution in [-0.2, 0) is 11.0 Å². The van der Waals surface area contributed by atoms with Crippen molar-refractivity contribution in [3.63, 3.8) is 0 Å². The van der Waals surface area contributed by atoms with Gasteiger partial charge in [-0.15, -0.1) is 0 Å². The van der Waals surface area contributed by atoms with Crippen LogP contribution in [0.3, 0.4) is 0 Å². The first-order valence-electron chi connectivity index (χ1n) is 9.90. The number of alkyl halides is 3. The molecule has 0 saturated heterocycles. The number of amides is 2. The minimum atomic E-state index is -4.60. The number of nitrogens with zero attached hydrogens (tertiary/aromatic N) is 2. The van der Waals surface area contributed by atoms with E-state index in [1.807, 2.05) is 6.92 Å². The molecule has 0 saturated carbocycles. The summed E-state index contributed by atoms with van der Waals surface area (Å²) in [5, 5.41) is 5.44. The lowest BCUT2D eigenvalue weighted by Crippen LogP contribution is -2.16. The van der Waals surface area contributed by atoms with E-state index in [2.05, 4.69) is 15.6 Å². The van der Waals surface area contributed by atoms with Crippen LogP contribution in [0.5, 0.6) is 0 Å². The second kappa shape index (κ2) is 8.79. The van der Waals surface area contributed by atoms with Crippen LogP contribution >= 0.6 is 0 Å². The van der Waals surface area contributed by atoms with Crippen molar-refractivity contribution in [3.8, 4) is 0 Å². The summed E-state index contributed by atoms with van der Waals surface area (Å²) in [6.45, 7) is 5.18. The quantitative estimate of drug-likeness (QED) is 0.530. The van der Waals surface area contributed by atoms with Gasteiger partial charge in [-0.05, 0) is 56.7 Å². The van der Waals surface area contributed by atoms with Crippen LogP contribution < -0.4 is 10.6 Å². The predicted molar refractivity (Wildman–Crippen MR) is 113 cm³/mol. The topological polar surface area (TPSA) is 76.0 Å². The summed E-state index contributed by atoms with van der Waals surface area (Å²) in [4.78, 5) is 28.1. The summed E-state index contributed by atoms with van der Waals surface area (Å²) in [7, 11) is 0. The molecule has 31 heavy (non-hydrogen) atoms. The lowest BCUT2D eigenvalue weighted by molar-refractivity contribution is -0.147. The molecule has 164 valence electrons. The fourth-order valence-electron chi connectivity index (χ4n) is 3.29. The fraction of sp³-hybridized carbons (Fsp3) is 0.318. The van der Waals surface area contributed by atoms with Crippen molar-refractivity contribution in [1.29, 1.82) is 0 Å². The van der Waals surface area contributed by atoms with Crippen molar-refractivity contribution in [2.75, 3.05) is 10.6 Å². The molecule has 0 aliphatic heterocycles. The fourth-order valence-corrected chi connectivity index (χ4v) is 3.29. The maximum atomic E-state index is 13.4. The van der Waals surface area contributed by atoms with Gasteiger partial charge in [-0.25, -0.2) is 4.98 Å². The number of halogens is 3. The zero-order chi connectivity index (χ0) is 22.8. The van der Waals surface area contributed by atoms with E-state index in [4.69, 9.17) is 0 Å². The van der Waals surface area contributed by atoms with Gasteiger partial charge in [0.25, 0.3) is 5.91 Å². The molecule has 0 radical (unpaired) electrons. The zero-order valence-corrected chi connectivity index (χ0v) is 17.4. The number of nitrogens with one attached hydrogen (secondary N) is 2. The van der Waals surface area contributed by atoms with Crippen molar-refractivity contribution >= 4 is 34.2 Å². The zero-order valence-electron chi connectivity index (χ0n) is 17.4. The summed E-state index contributed by atoms with van der Waals surface area (Å²) < 4.78 is 41.2. The van der Waals surface area contributed by atoms with Crippen LogP contribution in [0.15, 0.2) is 42.5 Å². The van der Waals surface area contributed by atoms with Crippen molar-refractivity contribution in [1.82, 2.24) is 9.55 Å². The number of rotatable bonds is 6. The molecule has 0 aliphatic carbocycles. The van der Waals surface area contributed by atoms with E-state index >= 15 is 0 Å². The molecule has 2 aromatic carbocycles. The molecule has 1 aromatic heterocycles. The molecular formula is C22H23F3N4O2. The van der Waals surface area contributed by atoms with E-state index in [-0.39, 0.29) is 17.0 Å². The summed E-state index contributed by atoms with van der Waals surface area (Å²) in [6, 6.07) is 10.5. The minimum absolute atomic E-state index is 0.0919. The minimum Gasteiger partial charge on any atom is -0.326 e. The Morgan fingerprint density at radius 2 is 1.74 bits per heavy atom. The van der Waals surface area contributed by atoms with Gasteiger partial charge in [-0.1, -0.05) is 13.0 Å². The monoisotopic (exact) mass is 432 g/mol. The van der Waals surface area contributed by atoms with Gasteiger partial charge in [0.15, 0.2) is 0 Å². The van der Waals surface area contributed by atoms with E-state index in [9.17, 15) is 22.8 Å². The van der Waals surface area contributed by atoms with Gasteiger partial charge in [-0.2, -0.15) is 13.2 Å². The summed E-state index contributed by atoms with van der Waals surface area (Å²) in [6.07, 6.45) is -3.50. The van der Waals surface area contributed by atoms with Crippen LogP contribution in [-0.4, -0.2) is 21.4 Å². The third kappa shape index (κ3) is 5.04. The van der Waals surface area contributed by atoms with E-state index < -0.39 is 23.9 Å². The molecule has 0 unspecified atom stereocenters. The van der Waals surface area contributed by atoms with Crippen LogP contribution in [0.2, 0.25) is 0 Å². The van der Waals surface area contributed by atoms with Gasteiger partial charge in [0.1, 0.15) is 0 Å². The number of imidazole rings is 1. The van der Waals surface area contributed by atoms with Gasteiger partial charge < -0.3 is 15.2 Å². The Bertz CT molecular complexity index is 1120. The van der Waals surface area contributed by atoms with Crippen LogP contribution in [0, 0.1) is 0 Å². The first-order chi connectivity index (χ1) is 14.6. The van der Waals surface area contributed by atoms with E-state index in [1.165, 1.54) is 18.2 Å². The smallest absolute Gasteiger partial charge is 0.326 e. The SMILES string of the molecule is CCCC(=O)Nc1cccc(NC(=O)c2ccc3c(c2)nc(C(F)(F)F)n3C(C)C)c1. The molecule has 9 heteroatoms. The Kier molecular flexibility index (Phi) is 6.33. The molecule has 1 heterocycles. The summed E-state index contributed by atoms with van der Waals surface area (Å²) >= 11 is 0. The third-order valence-electron chi connectivity index (χ3n) is 4.60. The first kappa shape index (κ1) is 22.3. The normalized spacial score (nSPS) is 11.7. The highest BCUT2D eigenvalue weighted by Crippen LogP contribution is 2.34. The summed E-state index contributed by atoms with van der Waals surface area (Å²) in [5.41, 5.74) is 1.56. The number of hydrogen-bond acceptors (Lipinski definition) is 3. The van der Waals surface area contributed by atoms with Crippen LogP contribution in [0.4, 0.5) is 24.5 Å². The number of anilines is 2. The number of carbonyl (C=O) groups is 2. The molecular weight excluding hydrogens is 409 g/mol. The maximum absolute atomic E-state index is 13.4. The second-order valence-corrected chi connectivity index (χ2v) is 7.43. The van der Waals surface area contributed by atoms with Crippen molar-refractivity contribution < 1.29 is 22.8 Å². The largest absolute Gasteiger partial charge is 0.449 e. The van der Waals surface area contributed by atoms with E-state index in [0.29, 0.717) is 29.7 Å². The van der Waals surface area contributed by atoms with E-state index in [1.54, 1.807) is 38.1 Å². The third-order valence-corrected chi connectivity index (χ3v) is 4.60. The van der Waals surface area contributed by atoms with Gasteiger partial charge in [0.05, 0.1) is 11.0 Å². The predicted octanol–water partition coefficient (Wildman–Crippen LogP) is 5.63. The number of carbonyl (C=O) groups excluding carboxylic acids is 2. The highest BCUT2D eigenvalue weighted by atomic mass is 19.4. The van der Waals surface area contributed by atoms with Gasteiger partial charge >= 0.3 is 6.18 Å². The Labute approximate surface area is 177 Å². The van der Waals surface area contributed by atoms with Crippen molar-refractivity contribution in [2.24, 2.45) is 0 Å². The Hall–Kier alpha value is -3.36. The molecule has 3 rings (SSSR count). The lowest BCUT2D eigenvalue weighted by atomic mass is 10.1. The van der Waals surface area contributed by atoms with E-state index in [0.717, 1.165) is 4.57 Å². The Morgan fingerprint density at radius 1 is 1.06 bits per heavy atom. The van der Waals surface area contributed by atoms with Crippen molar-refractivity contribution in [2.45, 2.75) is 45.8 Å². The first-order valence-corrected chi connectivity index (χ1v) is 9.90. The highest BCUT2D eigenvalue weighted by molar-refractivity contribution is 6.06. The number of fused-ring (bicyclic) bond motifs is 1. The maximum Gasteiger partial charge on any atom is 0.449 e. The molecule has 0 bridgehead atoms. The number of benzene rings is 2. The average Bonchev–Trinajstić information content (AvgIpc) is 3.08. The van der Waals surface area contributed by atoms with Crippen LogP contribution in [0.25, 0.3) is 11.0 Å². The van der Waals surface area contributed by atoms with Gasteiger partial charge in [0.2, 0.25) is 11.7 Å². The van der Waals surface area contributed by atoms with Gasteiger partial charge in [-0.3, -0.25) is 9.59 Å². The molecule has 2 amide bonds. The lowest BCUT2D eigenvalue weighted by Gasteiger charge is -2.14. The molecule has 0 fully saturated rings. The highest BCUT2D eigenvalue weighted by Gasteiger charge is 2.38. The molecule has 0 spiro atoms. The van der Waals surface area contributed by atoms with Gasteiger partial charge in [0, 0.05) is 29.4 Å². The molecule has 3 aromatic rings. The second-order valence-electron chi connectivity index (χ2n) is 7.43. The molecule has 0 atom stereocenters. The van der Waals surface area contributed by atoms with Crippen molar-refractivity contribution in [3.05, 3.63) is 53.9 Å². The molecule has 6 nitrogen and oxygen atoms in total.